The molecular weight excluding hydrogens is 510 g/mol. The van der Waals surface area contributed by atoms with E-state index in [1.165, 1.54) is 42.7 Å². The predicted octanol–water partition coefficient (Wildman–Crippen LogP) is 4.23. The molecule has 1 saturated carbocycles. The van der Waals surface area contributed by atoms with E-state index in [4.69, 9.17) is 17.5 Å². The number of benzene rings is 1. The number of nitrogens with zero attached hydrogens (tertiary/aromatic N) is 4. The van der Waals surface area contributed by atoms with E-state index < -0.39 is 40.6 Å². The Balaban J connectivity index is 1.77. The van der Waals surface area contributed by atoms with E-state index in [1.807, 2.05) is 12.2 Å². The van der Waals surface area contributed by atoms with Crippen molar-refractivity contribution < 1.29 is 27.2 Å². The number of allylic oxidation sites excluding steroid dienone is 2. The standard InChI is InChI=1S/C25H21F4N5O2S/c1-31-22(35)17-7-6-15(9-20(17)26)34(13-37)24(10-14-4-3-5-18(14)24)23(36)33(2)16-8-19(25(27,28)29)21(11-30)32-12-16/h3-4,6-9,12-14,18H,5,10H2,1-2H3,(H,31,35). The molecule has 3 atom stereocenters. The highest BCUT2D eigenvalue weighted by atomic mass is 32.1. The van der Waals surface area contributed by atoms with Crippen molar-refractivity contribution in [3.8, 4) is 6.07 Å². The molecule has 1 N–H and O–H groups in total. The Bertz CT molecular complexity index is 1360. The second kappa shape index (κ2) is 9.55. The number of carbonyl (C=O) groups is 2. The van der Waals surface area contributed by atoms with Crippen LogP contribution in [0.1, 0.15) is 34.5 Å². The van der Waals surface area contributed by atoms with Gasteiger partial charge in [0, 0.05) is 25.7 Å². The number of nitrogens with one attached hydrogen (secondary N) is 1. The van der Waals surface area contributed by atoms with E-state index >= 15 is 0 Å². The number of anilines is 2. The minimum absolute atomic E-state index is 0.0367. The Morgan fingerprint density at radius 3 is 2.59 bits per heavy atom. The molecule has 2 aliphatic carbocycles. The van der Waals surface area contributed by atoms with Gasteiger partial charge in [-0.15, -0.1) is 0 Å². The predicted molar refractivity (Wildman–Crippen MR) is 131 cm³/mol. The molecule has 0 saturated heterocycles. The molecule has 0 spiro atoms. The number of pyridine rings is 1. The van der Waals surface area contributed by atoms with Crippen molar-refractivity contribution in [2.75, 3.05) is 23.9 Å². The van der Waals surface area contributed by atoms with Crippen molar-refractivity contribution >= 4 is 40.9 Å². The summed E-state index contributed by atoms with van der Waals surface area (Å²) >= 11 is 5.25. The van der Waals surface area contributed by atoms with Crippen LogP contribution in [0.2, 0.25) is 0 Å². The van der Waals surface area contributed by atoms with Gasteiger partial charge in [0.15, 0.2) is 5.69 Å². The number of likely N-dealkylation sites (N-methyl/N-ethyl adjacent to an activating group) is 1. The van der Waals surface area contributed by atoms with Crippen LogP contribution in [-0.2, 0) is 11.0 Å². The molecule has 192 valence electrons. The summed E-state index contributed by atoms with van der Waals surface area (Å²) in [5.41, 5.74) is -2.29. The molecule has 1 fully saturated rings. The maximum absolute atomic E-state index is 14.8. The second-order valence-corrected chi connectivity index (χ2v) is 9.06. The summed E-state index contributed by atoms with van der Waals surface area (Å²) in [4.78, 5) is 32.1. The van der Waals surface area contributed by atoms with Gasteiger partial charge in [-0.1, -0.05) is 24.4 Å². The lowest BCUT2D eigenvalue weighted by Crippen LogP contribution is -2.70. The third-order valence-electron chi connectivity index (χ3n) is 7.04. The lowest BCUT2D eigenvalue weighted by atomic mass is 9.58. The van der Waals surface area contributed by atoms with Crippen LogP contribution in [0.15, 0.2) is 42.6 Å². The number of thiocarbonyl (C=S) groups is 1. The molecule has 2 aliphatic rings. The van der Waals surface area contributed by atoms with Crippen LogP contribution in [0.25, 0.3) is 0 Å². The van der Waals surface area contributed by atoms with Crippen molar-refractivity contribution in [2.24, 2.45) is 11.8 Å². The summed E-state index contributed by atoms with van der Waals surface area (Å²) < 4.78 is 55.4. The monoisotopic (exact) mass is 531 g/mol. The first-order chi connectivity index (χ1) is 17.5. The van der Waals surface area contributed by atoms with Gasteiger partial charge < -0.3 is 15.1 Å². The highest BCUT2D eigenvalue weighted by molar-refractivity contribution is 7.79. The van der Waals surface area contributed by atoms with Gasteiger partial charge in [-0.05, 0) is 43.0 Å². The number of rotatable bonds is 6. The van der Waals surface area contributed by atoms with Gasteiger partial charge in [-0.3, -0.25) is 9.59 Å². The summed E-state index contributed by atoms with van der Waals surface area (Å²) in [5.74, 6) is -2.23. The molecule has 2 aromatic rings. The quantitative estimate of drug-likeness (QED) is 0.341. The largest absolute Gasteiger partial charge is 0.419 e. The van der Waals surface area contributed by atoms with Crippen molar-refractivity contribution in [1.82, 2.24) is 10.3 Å². The van der Waals surface area contributed by atoms with Crippen molar-refractivity contribution in [3.63, 3.8) is 0 Å². The number of fused-ring (bicyclic) bond motifs is 1. The smallest absolute Gasteiger partial charge is 0.355 e. The molecule has 2 amide bonds. The van der Waals surface area contributed by atoms with Gasteiger partial charge in [0.05, 0.1) is 28.5 Å². The van der Waals surface area contributed by atoms with Crippen LogP contribution in [0, 0.1) is 29.0 Å². The van der Waals surface area contributed by atoms with E-state index in [0.717, 1.165) is 17.2 Å². The van der Waals surface area contributed by atoms with Gasteiger partial charge in [0.25, 0.3) is 11.8 Å². The average molecular weight is 532 g/mol. The lowest BCUT2D eigenvalue weighted by Gasteiger charge is -2.57. The number of aromatic nitrogens is 1. The van der Waals surface area contributed by atoms with E-state index in [0.29, 0.717) is 18.9 Å². The number of hydrogen-bond acceptors (Lipinski definition) is 5. The molecule has 37 heavy (non-hydrogen) atoms. The van der Waals surface area contributed by atoms with Crippen molar-refractivity contribution in [3.05, 3.63) is 65.3 Å². The third-order valence-corrected chi connectivity index (χ3v) is 7.25. The topological polar surface area (TPSA) is 89.3 Å². The van der Waals surface area contributed by atoms with Gasteiger partial charge in [0.1, 0.15) is 17.4 Å². The summed E-state index contributed by atoms with van der Waals surface area (Å²) in [7, 11) is 2.69. The maximum atomic E-state index is 14.8. The maximum Gasteiger partial charge on any atom is 0.419 e. The summed E-state index contributed by atoms with van der Waals surface area (Å²) in [6.07, 6.45) is 0.880. The van der Waals surface area contributed by atoms with Crippen LogP contribution in [0.5, 0.6) is 0 Å². The summed E-state index contributed by atoms with van der Waals surface area (Å²) in [6.45, 7) is 0. The highest BCUT2D eigenvalue weighted by Crippen LogP contribution is 2.55. The van der Waals surface area contributed by atoms with E-state index in [2.05, 4.69) is 10.3 Å². The normalized spacial score (nSPS) is 21.9. The fourth-order valence-corrected chi connectivity index (χ4v) is 5.46. The highest BCUT2D eigenvalue weighted by Gasteiger charge is 2.62. The molecule has 4 rings (SSSR count). The Morgan fingerprint density at radius 2 is 2.03 bits per heavy atom. The van der Waals surface area contributed by atoms with Crippen LogP contribution in [0.3, 0.4) is 0 Å². The zero-order valence-electron chi connectivity index (χ0n) is 19.7. The number of carbonyl (C=O) groups excluding carboxylic acids is 2. The second-order valence-electron chi connectivity index (χ2n) is 8.84. The number of alkyl halides is 3. The van der Waals surface area contributed by atoms with Gasteiger partial charge in [-0.25, -0.2) is 9.37 Å². The first-order valence-corrected chi connectivity index (χ1v) is 11.6. The molecule has 1 aromatic heterocycles. The zero-order valence-corrected chi connectivity index (χ0v) is 20.5. The Labute approximate surface area is 215 Å². The van der Waals surface area contributed by atoms with Gasteiger partial charge >= 0.3 is 6.18 Å². The molecule has 3 unspecified atom stereocenters. The van der Waals surface area contributed by atoms with E-state index in [9.17, 15) is 27.2 Å². The first-order valence-electron chi connectivity index (χ1n) is 11.2. The molecule has 12 heteroatoms. The van der Waals surface area contributed by atoms with E-state index in [-0.39, 0.29) is 28.8 Å². The SMILES string of the molecule is CNC(=O)c1ccc(N(C=S)C2(C(=O)N(C)c3cnc(C#N)c(C(F)(F)F)c3)CC3C=CCC32)cc1F. The fraction of sp³-hybridized carbons (Fsp3) is 0.320. The molecule has 1 aromatic carbocycles. The minimum atomic E-state index is -4.85. The van der Waals surface area contributed by atoms with E-state index in [1.54, 1.807) is 0 Å². The Hall–Kier alpha value is -3.85. The Morgan fingerprint density at radius 1 is 1.30 bits per heavy atom. The average Bonchev–Trinajstić information content (AvgIpc) is 3.26. The first kappa shape index (κ1) is 26.2. The molecule has 0 aliphatic heterocycles. The van der Waals surface area contributed by atoms with Crippen molar-refractivity contribution in [2.45, 2.75) is 24.6 Å². The molecule has 1 heterocycles. The zero-order chi connectivity index (χ0) is 27.1. The molecule has 7 nitrogen and oxygen atoms in total. The number of halogens is 4. The molecule has 0 radical (unpaired) electrons. The van der Waals surface area contributed by atoms with Crippen molar-refractivity contribution in [1.29, 1.82) is 5.26 Å². The van der Waals surface area contributed by atoms with Gasteiger partial charge in [0.2, 0.25) is 0 Å². The molecule has 0 bridgehead atoms. The third kappa shape index (κ3) is 4.23. The van der Waals surface area contributed by atoms with Crippen LogP contribution >= 0.6 is 12.2 Å². The summed E-state index contributed by atoms with van der Waals surface area (Å²) in [5, 5.41) is 11.4. The molecular formula is C25H21F4N5O2S. The van der Waals surface area contributed by atoms with Gasteiger partial charge in [-0.2, -0.15) is 18.4 Å². The number of amides is 2. The lowest BCUT2D eigenvalue weighted by molar-refractivity contribution is -0.138. The van der Waals surface area contributed by atoms with Crippen LogP contribution in [-0.4, -0.2) is 41.9 Å². The van der Waals surface area contributed by atoms with Crippen LogP contribution in [0.4, 0.5) is 28.9 Å². The number of nitriles is 1. The Kier molecular flexibility index (Phi) is 6.77. The number of hydrogen-bond donors (Lipinski definition) is 1. The fourth-order valence-electron chi connectivity index (χ4n) is 5.15. The van der Waals surface area contributed by atoms with Crippen LogP contribution < -0.4 is 15.1 Å². The summed E-state index contributed by atoms with van der Waals surface area (Å²) in [6, 6.07) is 5.97. The minimum Gasteiger partial charge on any atom is -0.355 e.